The summed E-state index contributed by atoms with van der Waals surface area (Å²) in [4.78, 5) is 24.2. The van der Waals surface area contributed by atoms with Gasteiger partial charge in [-0.25, -0.2) is 0 Å². The van der Waals surface area contributed by atoms with Crippen LogP contribution in [0.4, 0.5) is 0 Å². The highest BCUT2D eigenvalue weighted by molar-refractivity contribution is 6.31. The number of halogens is 2. The van der Waals surface area contributed by atoms with Gasteiger partial charge < -0.3 is 15.6 Å². The van der Waals surface area contributed by atoms with Crippen LogP contribution in [-0.4, -0.2) is 22.6 Å². The van der Waals surface area contributed by atoms with Gasteiger partial charge in [0.25, 0.3) is 11.5 Å². The average Bonchev–Trinajstić information content (AvgIpc) is 2.48. The summed E-state index contributed by atoms with van der Waals surface area (Å²) in [6.45, 7) is 4.30. The normalized spacial score (nSPS) is 10.8. The molecule has 1 aromatic heterocycles. The van der Waals surface area contributed by atoms with E-state index < -0.39 is 5.54 Å². The number of carbonyl (C=O) groups excluding carboxylic acids is 1. The molecule has 5 nitrogen and oxygen atoms in total. The number of nitrogens with zero attached hydrogens (tertiary/aromatic N) is 1. The maximum Gasteiger partial charge on any atom is 0.252 e. The Morgan fingerprint density at radius 3 is 2.54 bits per heavy atom. The van der Waals surface area contributed by atoms with Gasteiger partial charge in [0.15, 0.2) is 0 Å². The lowest BCUT2D eigenvalue weighted by Crippen LogP contribution is -2.45. The lowest BCUT2D eigenvalue weighted by molar-refractivity contribution is 0.0945. The molecule has 1 aromatic carbocycles. The molecule has 0 radical (unpaired) electrons. The lowest BCUT2D eigenvalue weighted by atomic mass is 10.1. The van der Waals surface area contributed by atoms with Crippen LogP contribution >= 0.6 is 24.0 Å². The summed E-state index contributed by atoms with van der Waals surface area (Å²) in [5, 5.41) is 3.34. The zero-order valence-corrected chi connectivity index (χ0v) is 15.2. The first kappa shape index (κ1) is 20.2. The van der Waals surface area contributed by atoms with E-state index in [2.05, 4.69) is 5.32 Å². The molecular weight excluding hydrogens is 349 g/mol. The van der Waals surface area contributed by atoms with E-state index in [1.807, 2.05) is 32.0 Å². The molecule has 24 heavy (non-hydrogen) atoms. The van der Waals surface area contributed by atoms with Crippen molar-refractivity contribution in [3.8, 4) is 0 Å². The number of amides is 1. The smallest absolute Gasteiger partial charge is 0.252 e. The minimum atomic E-state index is -0.498. The number of carbonyl (C=O) groups is 1. The van der Waals surface area contributed by atoms with Crippen LogP contribution in [-0.2, 0) is 6.54 Å². The van der Waals surface area contributed by atoms with Crippen molar-refractivity contribution < 1.29 is 4.79 Å². The van der Waals surface area contributed by atoms with E-state index in [4.69, 9.17) is 17.3 Å². The van der Waals surface area contributed by atoms with E-state index in [1.165, 1.54) is 22.9 Å². The molecule has 1 heterocycles. The third-order valence-electron chi connectivity index (χ3n) is 3.25. The first-order chi connectivity index (χ1) is 10.8. The molecule has 0 aliphatic heterocycles. The van der Waals surface area contributed by atoms with Crippen LogP contribution in [0.3, 0.4) is 0 Å². The first-order valence-corrected chi connectivity index (χ1v) is 7.65. The second-order valence-electron chi connectivity index (χ2n) is 6.15. The fraction of sp³-hybridized carbons (Fsp3) is 0.294. The van der Waals surface area contributed by atoms with Gasteiger partial charge in [-0.15, -0.1) is 12.4 Å². The van der Waals surface area contributed by atoms with Crippen LogP contribution < -0.4 is 16.6 Å². The molecule has 0 saturated carbocycles. The monoisotopic (exact) mass is 369 g/mol. The molecular formula is C17H21Cl2N3O2. The summed E-state index contributed by atoms with van der Waals surface area (Å²) in [7, 11) is 0. The van der Waals surface area contributed by atoms with Crippen LogP contribution in [0.5, 0.6) is 0 Å². The number of hydrogen-bond acceptors (Lipinski definition) is 3. The van der Waals surface area contributed by atoms with Crippen molar-refractivity contribution in [2.24, 2.45) is 5.73 Å². The molecule has 2 rings (SSSR count). The molecule has 3 N–H and O–H groups in total. The Morgan fingerprint density at radius 2 is 1.92 bits per heavy atom. The van der Waals surface area contributed by atoms with Gasteiger partial charge >= 0.3 is 0 Å². The van der Waals surface area contributed by atoms with Crippen LogP contribution in [0.25, 0.3) is 0 Å². The summed E-state index contributed by atoms with van der Waals surface area (Å²) in [5.41, 5.74) is 6.38. The van der Waals surface area contributed by atoms with E-state index in [9.17, 15) is 9.59 Å². The number of aromatic nitrogens is 1. The Labute approximate surface area is 152 Å². The highest BCUT2D eigenvalue weighted by atomic mass is 35.5. The molecule has 0 fully saturated rings. The highest BCUT2D eigenvalue weighted by Crippen LogP contribution is 2.15. The third-order valence-corrected chi connectivity index (χ3v) is 3.62. The summed E-state index contributed by atoms with van der Waals surface area (Å²) in [6.07, 6.45) is 1.53. The molecule has 2 aromatic rings. The Balaban J connectivity index is 0.00000288. The predicted molar refractivity (Wildman–Crippen MR) is 99.1 cm³/mol. The van der Waals surface area contributed by atoms with E-state index in [-0.39, 0.29) is 23.9 Å². The number of nitrogens with two attached hydrogens (primary N) is 1. The largest absolute Gasteiger partial charge is 0.350 e. The van der Waals surface area contributed by atoms with Crippen molar-refractivity contribution in [1.82, 2.24) is 9.88 Å². The summed E-state index contributed by atoms with van der Waals surface area (Å²) >= 11 is 6.12. The van der Waals surface area contributed by atoms with Crippen molar-refractivity contribution in [2.75, 3.05) is 6.54 Å². The molecule has 0 aliphatic rings. The molecule has 7 heteroatoms. The van der Waals surface area contributed by atoms with Crippen LogP contribution in [0.2, 0.25) is 5.02 Å². The Kier molecular flexibility index (Phi) is 7.02. The average molecular weight is 370 g/mol. The number of benzene rings is 1. The molecule has 0 unspecified atom stereocenters. The van der Waals surface area contributed by atoms with Gasteiger partial charge in [-0.2, -0.15) is 0 Å². The van der Waals surface area contributed by atoms with E-state index in [0.717, 1.165) is 5.56 Å². The predicted octanol–water partition coefficient (Wildman–Crippen LogP) is 2.44. The van der Waals surface area contributed by atoms with Crippen molar-refractivity contribution >= 4 is 29.9 Å². The van der Waals surface area contributed by atoms with E-state index in [0.29, 0.717) is 23.7 Å². The van der Waals surface area contributed by atoms with E-state index >= 15 is 0 Å². The number of pyridine rings is 1. The maximum atomic E-state index is 12.2. The second-order valence-corrected chi connectivity index (χ2v) is 6.55. The standard InChI is InChI=1S/C17H20ClN3O2.ClH/c1-17(2,19)11-20-16(23)13-7-8-15(22)21(10-13)9-12-5-3-4-6-14(12)18;/h3-8,10H,9,11,19H2,1-2H3,(H,20,23);1H. The summed E-state index contributed by atoms with van der Waals surface area (Å²) in [6, 6.07) is 10.2. The molecule has 130 valence electrons. The summed E-state index contributed by atoms with van der Waals surface area (Å²) < 4.78 is 1.46. The highest BCUT2D eigenvalue weighted by Gasteiger charge is 2.14. The van der Waals surface area contributed by atoms with Gasteiger partial charge in [0.2, 0.25) is 0 Å². The molecule has 0 saturated heterocycles. The van der Waals surface area contributed by atoms with Crippen molar-refractivity contribution in [3.05, 3.63) is 69.1 Å². The maximum absolute atomic E-state index is 12.2. The Hall–Kier alpha value is -1.82. The summed E-state index contributed by atoms with van der Waals surface area (Å²) in [5.74, 6) is -0.267. The van der Waals surface area contributed by atoms with Crippen molar-refractivity contribution in [1.29, 1.82) is 0 Å². The molecule has 0 bridgehead atoms. The SMILES string of the molecule is CC(C)(N)CNC(=O)c1ccc(=O)n(Cc2ccccc2Cl)c1.Cl. The van der Waals surface area contributed by atoms with Gasteiger partial charge in [-0.05, 0) is 31.5 Å². The quantitative estimate of drug-likeness (QED) is 0.849. The zero-order chi connectivity index (χ0) is 17.0. The minimum absolute atomic E-state index is 0. The molecule has 0 atom stereocenters. The first-order valence-electron chi connectivity index (χ1n) is 7.27. The number of hydrogen-bond donors (Lipinski definition) is 2. The van der Waals surface area contributed by atoms with Gasteiger partial charge in [0.1, 0.15) is 0 Å². The Morgan fingerprint density at radius 1 is 1.25 bits per heavy atom. The Bertz CT molecular complexity index is 767. The van der Waals surface area contributed by atoms with Gasteiger partial charge in [-0.3, -0.25) is 9.59 Å². The number of rotatable bonds is 5. The van der Waals surface area contributed by atoms with Gasteiger partial charge in [-0.1, -0.05) is 29.8 Å². The topological polar surface area (TPSA) is 77.1 Å². The minimum Gasteiger partial charge on any atom is -0.350 e. The van der Waals surface area contributed by atoms with Gasteiger partial charge in [0.05, 0.1) is 12.1 Å². The lowest BCUT2D eigenvalue weighted by Gasteiger charge is -2.19. The van der Waals surface area contributed by atoms with Crippen LogP contribution in [0.15, 0.2) is 47.4 Å². The van der Waals surface area contributed by atoms with Crippen LogP contribution in [0.1, 0.15) is 29.8 Å². The van der Waals surface area contributed by atoms with Crippen molar-refractivity contribution in [3.63, 3.8) is 0 Å². The van der Waals surface area contributed by atoms with Gasteiger partial charge in [0, 0.05) is 29.4 Å². The molecule has 0 aliphatic carbocycles. The van der Waals surface area contributed by atoms with E-state index in [1.54, 1.807) is 6.07 Å². The fourth-order valence-electron chi connectivity index (χ4n) is 2.01. The van der Waals surface area contributed by atoms with Crippen LogP contribution in [0, 0.1) is 0 Å². The molecule has 1 amide bonds. The third kappa shape index (κ3) is 5.67. The number of nitrogens with one attached hydrogen (secondary N) is 1. The van der Waals surface area contributed by atoms with Crippen molar-refractivity contribution in [2.45, 2.75) is 25.9 Å². The second kappa shape index (κ2) is 8.33. The molecule has 0 spiro atoms. The fourth-order valence-corrected chi connectivity index (χ4v) is 2.21. The zero-order valence-electron chi connectivity index (χ0n) is 13.6.